The summed E-state index contributed by atoms with van der Waals surface area (Å²) in [5.41, 5.74) is 9.93. The lowest BCUT2D eigenvalue weighted by Gasteiger charge is -2.17. The van der Waals surface area contributed by atoms with E-state index in [4.69, 9.17) is 0 Å². The minimum absolute atomic E-state index is 0. The van der Waals surface area contributed by atoms with Crippen molar-refractivity contribution in [3.05, 3.63) is 137 Å². The molecule has 174 valence electrons. The number of hydrogen-bond acceptors (Lipinski definition) is 2. The zero-order chi connectivity index (χ0) is 23.3. The smallest absolute Gasteiger partial charge is 0.0780 e. The molecule has 1 aromatic heterocycles. The lowest BCUT2D eigenvalue weighted by Crippen LogP contribution is -2.14. The van der Waals surface area contributed by atoms with Gasteiger partial charge in [-0.3, -0.25) is 9.98 Å². The van der Waals surface area contributed by atoms with Crippen LogP contribution in [0.4, 0.5) is 0 Å². The Morgan fingerprint density at radius 3 is 2.06 bits per heavy atom. The van der Waals surface area contributed by atoms with E-state index in [1.807, 2.05) is 30.5 Å². The van der Waals surface area contributed by atoms with Crippen molar-refractivity contribution in [2.24, 2.45) is 4.99 Å². The van der Waals surface area contributed by atoms with E-state index in [-0.39, 0.29) is 7.43 Å². The van der Waals surface area contributed by atoms with E-state index in [0.717, 1.165) is 24.4 Å². The van der Waals surface area contributed by atoms with Gasteiger partial charge >= 0.3 is 0 Å². The van der Waals surface area contributed by atoms with Crippen LogP contribution in [0.1, 0.15) is 35.2 Å². The van der Waals surface area contributed by atoms with Gasteiger partial charge in [-0.2, -0.15) is 0 Å². The summed E-state index contributed by atoms with van der Waals surface area (Å²) in [6, 6.07) is 36.0. The van der Waals surface area contributed by atoms with E-state index in [9.17, 15) is 0 Å². The number of fused-ring (bicyclic) bond motifs is 2. The predicted molar refractivity (Wildman–Crippen MR) is 150 cm³/mol. The number of aliphatic imine (C=N–C) groups is 1. The Kier molecular flexibility index (Phi) is 7.52. The SMILES string of the molecule is C.Cc1ccc2c(-c3ccccc3)nccc2c1.Cc1ccc2c(c1)CCN=C2c1ccccc1. The lowest BCUT2D eigenvalue weighted by molar-refractivity contribution is 0.942. The maximum atomic E-state index is 4.69. The Morgan fingerprint density at radius 1 is 0.657 bits per heavy atom. The topological polar surface area (TPSA) is 25.2 Å². The Labute approximate surface area is 209 Å². The molecule has 0 aliphatic carbocycles. The minimum Gasteiger partial charge on any atom is -0.284 e. The first kappa shape index (κ1) is 24.1. The molecule has 6 rings (SSSR count). The van der Waals surface area contributed by atoms with Crippen LogP contribution in [0, 0.1) is 13.8 Å². The summed E-state index contributed by atoms with van der Waals surface area (Å²) >= 11 is 0. The van der Waals surface area contributed by atoms with Crippen molar-refractivity contribution in [3.8, 4) is 11.3 Å². The van der Waals surface area contributed by atoms with E-state index in [0.29, 0.717) is 0 Å². The monoisotopic (exact) mass is 456 g/mol. The molecular weight excluding hydrogens is 424 g/mol. The van der Waals surface area contributed by atoms with Gasteiger partial charge in [0.15, 0.2) is 0 Å². The average Bonchev–Trinajstić information content (AvgIpc) is 2.89. The van der Waals surface area contributed by atoms with Crippen molar-refractivity contribution in [1.82, 2.24) is 4.98 Å². The van der Waals surface area contributed by atoms with Crippen LogP contribution in [-0.2, 0) is 6.42 Å². The summed E-state index contributed by atoms with van der Waals surface area (Å²) in [6.07, 6.45) is 2.94. The van der Waals surface area contributed by atoms with Gasteiger partial charge in [0.2, 0.25) is 0 Å². The van der Waals surface area contributed by atoms with Crippen molar-refractivity contribution in [3.63, 3.8) is 0 Å². The highest BCUT2D eigenvalue weighted by molar-refractivity contribution is 6.14. The molecule has 1 aliphatic rings. The standard InChI is InChI=1S/C16H15N.C16H13N.CH4/c2*1-12-7-8-15-14(11-12)9-10-17-16(15)13-5-3-2-4-6-13;/h2-8,11H,9-10H2,1H3;2-11H,1H3;1H4. The molecule has 4 aromatic carbocycles. The normalized spacial score (nSPS) is 12.0. The Balaban J connectivity index is 0.000000160. The molecule has 5 aromatic rings. The highest BCUT2D eigenvalue weighted by atomic mass is 14.7. The molecule has 0 N–H and O–H groups in total. The molecule has 35 heavy (non-hydrogen) atoms. The quantitative estimate of drug-likeness (QED) is 0.263. The second kappa shape index (κ2) is 10.9. The molecule has 0 saturated heterocycles. The summed E-state index contributed by atoms with van der Waals surface area (Å²) in [5, 5.41) is 2.46. The summed E-state index contributed by atoms with van der Waals surface area (Å²) in [4.78, 5) is 9.19. The number of rotatable bonds is 2. The van der Waals surface area contributed by atoms with Gasteiger partial charge in [0.1, 0.15) is 0 Å². The van der Waals surface area contributed by atoms with Gasteiger partial charge < -0.3 is 0 Å². The number of aryl methyl sites for hydroxylation is 2. The van der Waals surface area contributed by atoms with Crippen LogP contribution in [0.25, 0.3) is 22.0 Å². The maximum absolute atomic E-state index is 4.69. The molecule has 2 nitrogen and oxygen atoms in total. The first-order valence-corrected chi connectivity index (χ1v) is 11.8. The molecule has 1 aliphatic heterocycles. The van der Waals surface area contributed by atoms with Gasteiger partial charge in [-0.1, -0.05) is 116 Å². The van der Waals surface area contributed by atoms with Crippen LogP contribution in [0.15, 0.2) is 114 Å². The molecule has 2 heteroatoms. The fourth-order valence-corrected chi connectivity index (χ4v) is 4.50. The largest absolute Gasteiger partial charge is 0.284 e. The Morgan fingerprint density at radius 2 is 1.31 bits per heavy atom. The summed E-state index contributed by atoms with van der Waals surface area (Å²) < 4.78 is 0. The van der Waals surface area contributed by atoms with E-state index in [2.05, 4.69) is 103 Å². The van der Waals surface area contributed by atoms with Crippen molar-refractivity contribution >= 4 is 16.5 Å². The maximum Gasteiger partial charge on any atom is 0.0780 e. The first-order valence-electron chi connectivity index (χ1n) is 11.8. The summed E-state index contributed by atoms with van der Waals surface area (Å²) in [7, 11) is 0. The third kappa shape index (κ3) is 5.38. The minimum atomic E-state index is 0. The summed E-state index contributed by atoms with van der Waals surface area (Å²) in [6.45, 7) is 5.16. The van der Waals surface area contributed by atoms with E-state index in [1.165, 1.54) is 44.2 Å². The van der Waals surface area contributed by atoms with Gasteiger partial charge in [-0.15, -0.1) is 0 Å². The van der Waals surface area contributed by atoms with Crippen LogP contribution >= 0.6 is 0 Å². The van der Waals surface area contributed by atoms with E-state index < -0.39 is 0 Å². The molecular formula is C33H32N2. The molecule has 0 spiro atoms. The number of nitrogens with zero attached hydrogens (tertiary/aromatic N) is 2. The molecule has 0 radical (unpaired) electrons. The Bertz CT molecular complexity index is 1450. The van der Waals surface area contributed by atoms with Crippen molar-refractivity contribution < 1.29 is 0 Å². The highest BCUT2D eigenvalue weighted by Gasteiger charge is 2.15. The van der Waals surface area contributed by atoms with Crippen LogP contribution in [0.2, 0.25) is 0 Å². The lowest BCUT2D eigenvalue weighted by atomic mass is 9.92. The van der Waals surface area contributed by atoms with Crippen LogP contribution in [-0.4, -0.2) is 17.2 Å². The molecule has 2 heterocycles. The number of pyridine rings is 1. The highest BCUT2D eigenvalue weighted by Crippen LogP contribution is 2.26. The molecule has 0 saturated carbocycles. The molecule has 0 fully saturated rings. The molecule has 0 unspecified atom stereocenters. The zero-order valence-corrected chi connectivity index (χ0v) is 19.7. The third-order valence-electron chi connectivity index (χ3n) is 6.18. The van der Waals surface area contributed by atoms with Crippen LogP contribution in [0.5, 0.6) is 0 Å². The van der Waals surface area contributed by atoms with Gasteiger partial charge in [0.05, 0.1) is 11.4 Å². The second-order valence-corrected chi connectivity index (χ2v) is 8.76. The summed E-state index contributed by atoms with van der Waals surface area (Å²) in [5.74, 6) is 0. The fourth-order valence-electron chi connectivity index (χ4n) is 4.50. The predicted octanol–water partition coefficient (Wildman–Crippen LogP) is 8.23. The van der Waals surface area contributed by atoms with Crippen LogP contribution < -0.4 is 0 Å². The van der Waals surface area contributed by atoms with Gasteiger partial charge in [0, 0.05) is 34.8 Å². The van der Waals surface area contributed by atoms with Gasteiger partial charge in [-0.05, 0) is 37.3 Å². The second-order valence-electron chi connectivity index (χ2n) is 8.76. The number of aromatic nitrogens is 1. The van der Waals surface area contributed by atoms with Gasteiger partial charge in [-0.25, -0.2) is 0 Å². The number of hydrogen-bond donors (Lipinski definition) is 0. The van der Waals surface area contributed by atoms with Gasteiger partial charge in [0.25, 0.3) is 0 Å². The first-order chi connectivity index (χ1) is 16.7. The molecule has 0 atom stereocenters. The fraction of sp³-hybridized carbons (Fsp3) is 0.152. The Hall–Kier alpha value is -4.04. The van der Waals surface area contributed by atoms with E-state index in [1.54, 1.807) is 0 Å². The number of benzene rings is 4. The van der Waals surface area contributed by atoms with E-state index >= 15 is 0 Å². The van der Waals surface area contributed by atoms with Crippen LogP contribution in [0.3, 0.4) is 0 Å². The molecule has 0 amide bonds. The van der Waals surface area contributed by atoms with Crippen molar-refractivity contribution in [2.75, 3.05) is 6.54 Å². The zero-order valence-electron chi connectivity index (χ0n) is 19.7. The van der Waals surface area contributed by atoms with Crippen molar-refractivity contribution in [2.45, 2.75) is 27.7 Å². The van der Waals surface area contributed by atoms with Crippen molar-refractivity contribution in [1.29, 1.82) is 0 Å². The molecule has 0 bridgehead atoms. The average molecular weight is 457 g/mol. The third-order valence-corrected chi connectivity index (χ3v) is 6.18.